The van der Waals surface area contributed by atoms with Gasteiger partial charge in [0, 0.05) is 24.6 Å². The Labute approximate surface area is 203 Å². The molecule has 1 fully saturated rings. The molecular formula is C26H30N2O5S. The molecule has 0 aromatic heterocycles. The van der Waals surface area contributed by atoms with Crippen molar-refractivity contribution < 1.29 is 24.2 Å². The average Bonchev–Trinajstić information content (AvgIpc) is 3.39. The van der Waals surface area contributed by atoms with Crippen LogP contribution < -0.4 is 10.6 Å². The van der Waals surface area contributed by atoms with Gasteiger partial charge in [-0.15, -0.1) is 11.8 Å². The minimum absolute atomic E-state index is 0.00993. The summed E-state index contributed by atoms with van der Waals surface area (Å²) in [6.45, 7) is 0.640. The van der Waals surface area contributed by atoms with E-state index in [1.807, 2.05) is 24.3 Å². The molecule has 0 bridgehead atoms. The maximum Gasteiger partial charge on any atom is 0.407 e. The maximum atomic E-state index is 12.8. The lowest BCUT2D eigenvalue weighted by atomic mass is 9.93. The molecule has 2 amide bonds. The highest BCUT2D eigenvalue weighted by Crippen LogP contribution is 2.44. The van der Waals surface area contributed by atoms with Crippen LogP contribution >= 0.6 is 11.8 Å². The van der Waals surface area contributed by atoms with E-state index in [-0.39, 0.29) is 30.6 Å². The number of thioether (sulfide) groups is 1. The summed E-state index contributed by atoms with van der Waals surface area (Å²) in [5.74, 6) is -0.469. The zero-order valence-electron chi connectivity index (χ0n) is 19.0. The Morgan fingerprint density at radius 2 is 1.62 bits per heavy atom. The summed E-state index contributed by atoms with van der Waals surface area (Å²) in [7, 11) is 0. The number of rotatable bonds is 10. The first-order valence-electron chi connectivity index (χ1n) is 11.7. The second-order valence-electron chi connectivity index (χ2n) is 8.91. The minimum Gasteiger partial charge on any atom is -0.481 e. The Morgan fingerprint density at radius 3 is 2.24 bits per heavy atom. The summed E-state index contributed by atoms with van der Waals surface area (Å²) in [5, 5.41) is 14.5. The molecule has 4 rings (SSSR count). The first-order chi connectivity index (χ1) is 16.5. The third-order valence-electron chi connectivity index (χ3n) is 6.56. The van der Waals surface area contributed by atoms with E-state index in [9.17, 15) is 14.4 Å². The Hall–Kier alpha value is -3.00. The number of benzene rings is 2. The van der Waals surface area contributed by atoms with Crippen molar-refractivity contribution in [2.24, 2.45) is 0 Å². The van der Waals surface area contributed by atoms with Gasteiger partial charge < -0.3 is 20.5 Å². The van der Waals surface area contributed by atoms with Gasteiger partial charge in [0.15, 0.2) is 0 Å². The zero-order chi connectivity index (χ0) is 24.0. The number of carboxylic acid groups (broad SMARTS) is 1. The normalized spacial score (nSPS) is 15.9. The van der Waals surface area contributed by atoms with E-state index in [1.165, 1.54) is 22.9 Å². The van der Waals surface area contributed by atoms with Crippen LogP contribution in [0.15, 0.2) is 48.5 Å². The topological polar surface area (TPSA) is 105 Å². The van der Waals surface area contributed by atoms with Gasteiger partial charge in [0.2, 0.25) is 5.91 Å². The Balaban J connectivity index is 1.31. The van der Waals surface area contributed by atoms with Crippen LogP contribution in [0.25, 0.3) is 11.1 Å². The van der Waals surface area contributed by atoms with Crippen molar-refractivity contribution in [2.75, 3.05) is 24.7 Å². The van der Waals surface area contributed by atoms with Crippen LogP contribution in [0.1, 0.15) is 49.1 Å². The summed E-state index contributed by atoms with van der Waals surface area (Å²) in [6, 6.07) is 16.4. The molecule has 0 atom stereocenters. The highest BCUT2D eigenvalue weighted by molar-refractivity contribution is 7.99. The fraction of sp³-hybridized carbons (Fsp3) is 0.423. The number of carbonyl (C=O) groups excluding carboxylic acids is 2. The van der Waals surface area contributed by atoms with E-state index in [4.69, 9.17) is 9.84 Å². The van der Waals surface area contributed by atoms with Gasteiger partial charge in [-0.1, -0.05) is 61.4 Å². The van der Waals surface area contributed by atoms with Gasteiger partial charge in [-0.05, 0) is 35.1 Å². The lowest BCUT2D eigenvalue weighted by Crippen LogP contribution is -2.50. The zero-order valence-corrected chi connectivity index (χ0v) is 19.9. The van der Waals surface area contributed by atoms with Gasteiger partial charge in [0.1, 0.15) is 6.61 Å². The maximum absolute atomic E-state index is 12.8. The molecule has 2 aromatic rings. The monoisotopic (exact) mass is 482 g/mol. The molecule has 0 heterocycles. The quantitative estimate of drug-likeness (QED) is 0.439. The van der Waals surface area contributed by atoms with Gasteiger partial charge in [-0.2, -0.15) is 0 Å². The number of carboxylic acids is 1. The summed E-state index contributed by atoms with van der Waals surface area (Å²) in [4.78, 5) is 35.9. The number of aliphatic carboxylic acids is 1. The van der Waals surface area contributed by atoms with Crippen molar-refractivity contribution in [1.29, 1.82) is 0 Å². The van der Waals surface area contributed by atoms with Crippen LogP contribution in [0.4, 0.5) is 4.79 Å². The molecule has 0 saturated heterocycles. The third-order valence-corrected chi connectivity index (χ3v) is 7.51. The molecule has 0 spiro atoms. The second-order valence-corrected chi connectivity index (χ2v) is 10.0. The van der Waals surface area contributed by atoms with Gasteiger partial charge in [0.25, 0.3) is 0 Å². The summed E-state index contributed by atoms with van der Waals surface area (Å²) in [5.41, 5.74) is 4.08. The molecular weight excluding hydrogens is 452 g/mol. The molecule has 3 N–H and O–H groups in total. The van der Waals surface area contributed by atoms with Crippen LogP contribution in [0.5, 0.6) is 0 Å². The Kier molecular flexibility index (Phi) is 7.77. The molecule has 2 aliphatic carbocycles. The van der Waals surface area contributed by atoms with Crippen LogP contribution in [-0.4, -0.2) is 53.3 Å². The molecule has 2 aliphatic rings. The predicted octanol–water partition coefficient (Wildman–Crippen LogP) is 4.16. The average molecular weight is 483 g/mol. The fourth-order valence-electron chi connectivity index (χ4n) is 5.04. The molecule has 180 valence electrons. The van der Waals surface area contributed by atoms with E-state index in [1.54, 1.807) is 0 Å². The van der Waals surface area contributed by atoms with Gasteiger partial charge in [0.05, 0.1) is 11.3 Å². The third kappa shape index (κ3) is 5.73. The number of carbonyl (C=O) groups is 3. The molecule has 34 heavy (non-hydrogen) atoms. The number of alkyl carbamates (subject to hydrolysis) is 1. The first kappa shape index (κ1) is 24.1. The number of nitrogens with one attached hydrogen (secondary N) is 2. The van der Waals surface area contributed by atoms with E-state index in [0.717, 1.165) is 36.8 Å². The van der Waals surface area contributed by atoms with Crippen LogP contribution in [0.2, 0.25) is 0 Å². The Morgan fingerprint density at radius 1 is 1.00 bits per heavy atom. The smallest absolute Gasteiger partial charge is 0.407 e. The summed E-state index contributed by atoms with van der Waals surface area (Å²) in [6.07, 6.45) is 3.07. The van der Waals surface area contributed by atoms with Crippen LogP contribution in [0, 0.1) is 0 Å². The highest BCUT2D eigenvalue weighted by Gasteiger charge is 2.38. The molecule has 1 saturated carbocycles. The minimum atomic E-state index is -0.867. The van der Waals surface area contributed by atoms with Crippen LogP contribution in [0.3, 0.4) is 0 Å². The standard InChI is InChI=1S/C26H30N2O5S/c29-23(27-13-14-34-17-24(30)31)15-26(11-5-6-12-26)28-25(32)33-16-22-20-9-3-1-7-18(20)19-8-2-4-10-21(19)22/h1-4,7-10,22H,5-6,11-17H2,(H,27,29)(H,28,32)(H,30,31). The van der Waals surface area contributed by atoms with E-state index in [2.05, 4.69) is 34.9 Å². The van der Waals surface area contributed by atoms with Crippen LogP contribution in [-0.2, 0) is 14.3 Å². The van der Waals surface area contributed by atoms with E-state index >= 15 is 0 Å². The van der Waals surface area contributed by atoms with Crippen molar-refractivity contribution in [1.82, 2.24) is 10.6 Å². The van der Waals surface area contributed by atoms with E-state index in [0.29, 0.717) is 12.3 Å². The largest absolute Gasteiger partial charge is 0.481 e. The predicted molar refractivity (Wildman–Crippen MR) is 132 cm³/mol. The van der Waals surface area contributed by atoms with Crippen molar-refractivity contribution in [3.63, 3.8) is 0 Å². The number of fused-ring (bicyclic) bond motifs is 3. The second kappa shape index (κ2) is 11.0. The van der Waals surface area contributed by atoms with Crippen molar-refractivity contribution in [2.45, 2.75) is 43.6 Å². The lowest BCUT2D eigenvalue weighted by molar-refractivity contribution is -0.134. The molecule has 0 unspecified atom stereocenters. The van der Waals surface area contributed by atoms with Gasteiger partial charge in [-0.25, -0.2) is 4.79 Å². The Bertz CT molecular complexity index is 1010. The van der Waals surface area contributed by atoms with E-state index < -0.39 is 17.6 Å². The lowest BCUT2D eigenvalue weighted by Gasteiger charge is -2.29. The molecule has 8 heteroatoms. The highest BCUT2D eigenvalue weighted by atomic mass is 32.2. The van der Waals surface area contributed by atoms with Crippen molar-refractivity contribution in [3.8, 4) is 11.1 Å². The fourth-order valence-corrected chi connectivity index (χ4v) is 5.61. The number of ether oxygens (including phenoxy) is 1. The number of hydrogen-bond acceptors (Lipinski definition) is 5. The number of amides is 2. The molecule has 0 radical (unpaired) electrons. The SMILES string of the molecule is O=C(O)CSCCNC(=O)CC1(NC(=O)OCC2c3ccccc3-c3ccccc32)CCCC1. The summed E-state index contributed by atoms with van der Waals surface area (Å²) < 4.78 is 5.70. The molecule has 7 nitrogen and oxygen atoms in total. The van der Waals surface area contributed by atoms with Gasteiger partial charge >= 0.3 is 12.1 Å². The first-order valence-corrected chi connectivity index (χ1v) is 12.8. The summed E-state index contributed by atoms with van der Waals surface area (Å²) >= 11 is 1.26. The van der Waals surface area contributed by atoms with Gasteiger partial charge in [-0.3, -0.25) is 9.59 Å². The van der Waals surface area contributed by atoms with Crippen molar-refractivity contribution >= 4 is 29.7 Å². The van der Waals surface area contributed by atoms with Crippen molar-refractivity contribution in [3.05, 3.63) is 59.7 Å². The molecule has 2 aromatic carbocycles. The molecule has 0 aliphatic heterocycles. The number of hydrogen-bond donors (Lipinski definition) is 3.